The van der Waals surface area contributed by atoms with Gasteiger partial charge in [0.2, 0.25) is 5.95 Å². The smallest absolute Gasteiger partial charge is 0.319 e. The van der Waals surface area contributed by atoms with Crippen molar-refractivity contribution in [3.8, 4) is 5.69 Å². The Morgan fingerprint density at radius 1 is 1.11 bits per heavy atom. The van der Waals surface area contributed by atoms with E-state index in [0.717, 1.165) is 38.1 Å². The first-order valence-electron chi connectivity index (χ1n) is 11.3. The SMILES string of the molecule is CCc1cnc(N(Cc2cnn(-c3ccccc3)c2)Cc2sc(SC(C)(C)C(=O)O)nc2C)nc1. The summed E-state index contributed by atoms with van der Waals surface area (Å²) < 4.78 is 1.64. The quantitative estimate of drug-likeness (QED) is 0.294. The van der Waals surface area contributed by atoms with E-state index in [1.165, 1.54) is 23.1 Å². The van der Waals surface area contributed by atoms with Crippen LogP contribution in [-0.4, -0.2) is 40.6 Å². The predicted octanol–water partition coefficient (Wildman–Crippen LogP) is 5.15. The highest BCUT2D eigenvalue weighted by Crippen LogP contribution is 2.37. The summed E-state index contributed by atoms with van der Waals surface area (Å²) in [5, 5.41) is 14.0. The molecule has 0 spiro atoms. The van der Waals surface area contributed by atoms with E-state index in [1.54, 1.807) is 13.8 Å². The number of hydrogen-bond donors (Lipinski definition) is 1. The normalized spacial score (nSPS) is 11.5. The number of carboxylic acids is 1. The Bertz CT molecular complexity index is 1290. The summed E-state index contributed by atoms with van der Waals surface area (Å²) in [5.74, 6) is -0.235. The van der Waals surface area contributed by atoms with Gasteiger partial charge in [-0.15, -0.1) is 11.3 Å². The Kier molecular flexibility index (Phi) is 7.51. The molecule has 0 saturated heterocycles. The molecular weight excluding hydrogens is 480 g/mol. The highest BCUT2D eigenvalue weighted by atomic mass is 32.2. The van der Waals surface area contributed by atoms with Gasteiger partial charge in [-0.25, -0.2) is 19.6 Å². The third kappa shape index (κ3) is 6.07. The molecular formula is C25H28N6O2S2. The number of hydrogen-bond acceptors (Lipinski definition) is 8. The van der Waals surface area contributed by atoms with Crippen LogP contribution in [-0.2, 0) is 24.3 Å². The van der Waals surface area contributed by atoms with E-state index >= 15 is 0 Å². The summed E-state index contributed by atoms with van der Waals surface area (Å²) in [4.78, 5) is 28.6. The van der Waals surface area contributed by atoms with Gasteiger partial charge >= 0.3 is 5.97 Å². The van der Waals surface area contributed by atoms with Crippen molar-refractivity contribution in [1.29, 1.82) is 0 Å². The van der Waals surface area contributed by atoms with Crippen molar-refractivity contribution >= 4 is 35.0 Å². The number of nitrogens with zero attached hydrogens (tertiary/aromatic N) is 6. The van der Waals surface area contributed by atoms with Crippen LogP contribution in [0.15, 0.2) is 59.5 Å². The number of para-hydroxylation sites is 1. The van der Waals surface area contributed by atoms with Crippen LogP contribution in [0.3, 0.4) is 0 Å². The second-order valence-corrected chi connectivity index (χ2v) is 11.6. The Labute approximate surface area is 213 Å². The molecule has 0 atom stereocenters. The second-order valence-electron chi connectivity index (χ2n) is 8.64. The molecule has 3 heterocycles. The average molecular weight is 509 g/mol. The van der Waals surface area contributed by atoms with Gasteiger partial charge in [-0.2, -0.15) is 5.10 Å². The van der Waals surface area contributed by atoms with Crippen molar-refractivity contribution in [2.45, 2.75) is 56.3 Å². The molecule has 35 heavy (non-hydrogen) atoms. The van der Waals surface area contributed by atoms with E-state index in [2.05, 4.69) is 31.9 Å². The number of aromatic nitrogens is 5. The van der Waals surface area contributed by atoms with E-state index in [-0.39, 0.29) is 0 Å². The molecule has 4 rings (SSSR count). The van der Waals surface area contributed by atoms with E-state index in [0.29, 0.717) is 19.0 Å². The lowest BCUT2D eigenvalue weighted by atomic mass is 10.2. The summed E-state index contributed by atoms with van der Waals surface area (Å²) in [6, 6.07) is 9.98. The van der Waals surface area contributed by atoms with Gasteiger partial charge in [-0.05, 0) is 44.9 Å². The van der Waals surface area contributed by atoms with Gasteiger partial charge < -0.3 is 10.0 Å². The molecule has 0 aliphatic heterocycles. The number of rotatable bonds is 10. The van der Waals surface area contributed by atoms with Gasteiger partial charge in [0, 0.05) is 35.6 Å². The average Bonchev–Trinajstić information content (AvgIpc) is 3.45. The van der Waals surface area contributed by atoms with Gasteiger partial charge in [-0.3, -0.25) is 4.79 Å². The zero-order chi connectivity index (χ0) is 25.0. The van der Waals surface area contributed by atoms with Crippen LogP contribution in [0.5, 0.6) is 0 Å². The van der Waals surface area contributed by atoms with E-state index < -0.39 is 10.7 Å². The molecule has 0 amide bonds. The van der Waals surface area contributed by atoms with Gasteiger partial charge in [-0.1, -0.05) is 36.9 Å². The highest BCUT2D eigenvalue weighted by molar-refractivity contribution is 8.03. The fourth-order valence-corrected chi connectivity index (χ4v) is 5.91. The van der Waals surface area contributed by atoms with E-state index in [1.807, 2.05) is 66.7 Å². The van der Waals surface area contributed by atoms with Gasteiger partial charge in [0.25, 0.3) is 0 Å². The van der Waals surface area contributed by atoms with Crippen LogP contribution < -0.4 is 4.90 Å². The number of aliphatic carboxylic acids is 1. The summed E-state index contributed by atoms with van der Waals surface area (Å²) in [6.07, 6.45) is 8.46. The summed E-state index contributed by atoms with van der Waals surface area (Å²) in [5.41, 5.74) is 3.98. The minimum atomic E-state index is -0.952. The molecule has 0 aliphatic carbocycles. The first-order chi connectivity index (χ1) is 16.7. The first kappa shape index (κ1) is 24.9. The third-order valence-electron chi connectivity index (χ3n) is 5.48. The number of anilines is 1. The predicted molar refractivity (Wildman–Crippen MR) is 139 cm³/mol. The molecule has 0 bridgehead atoms. The van der Waals surface area contributed by atoms with Gasteiger partial charge in [0.05, 0.1) is 24.1 Å². The molecule has 0 aliphatic rings. The fourth-order valence-electron chi connectivity index (χ4n) is 3.30. The standard InChI is InChI=1S/C25H28N6O2S2/c1-5-18-11-26-23(27-12-18)30(14-19-13-28-31(15-19)20-9-7-6-8-10-20)16-21-17(2)29-24(34-21)35-25(3,4)22(32)33/h6-13,15H,5,14,16H2,1-4H3,(H,32,33). The number of carbonyl (C=O) groups is 1. The number of thiazole rings is 1. The molecule has 0 fully saturated rings. The van der Waals surface area contributed by atoms with Crippen molar-refractivity contribution in [2.24, 2.45) is 0 Å². The summed E-state index contributed by atoms with van der Waals surface area (Å²) >= 11 is 2.78. The molecule has 10 heteroatoms. The molecule has 1 aromatic carbocycles. The van der Waals surface area contributed by atoms with Crippen molar-refractivity contribution in [3.63, 3.8) is 0 Å². The van der Waals surface area contributed by atoms with Crippen LogP contribution in [0.25, 0.3) is 5.69 Å². The van der Waals surface area contributed by atoms with Crippen LogP contribution in [0.2, 0.25) is 0 Å². The summed E-state index contributed by atoms with van der Waals surface area (Å²) in [7, 11) is 0. The number of aryl methyl sites for hydroxylation is 2. The lowest BCUT2D eigenvalue weighted by molar-refractivity contribution is -0.138. The van der Waals surface area contributed by atoms with E-state index in [4.69, 9.17) is 0 Å². The second kappa shape index (κ2) is 10.6. The molecule has 0 unspecified atom stereocenters. The van der Waals surface area contributed by atoms with E-state index in [9.17, 15) is 9.90 Å². The Balaban J connectivity index is 1.60. The lowest BCUT2D eigenvalue weighted by Crippen LogP contribution is -2.26. The largest absolute Gasteiger partial charge is 0.480 e. The van der Waals surface area contributed by atoms with Crippen molar-refractivity contribution in [1.82, 2.24) is 24.7 Å². The first-order valence-corrected chi connectivity index (χ1v) is 12.9. The third-order valence-corrected chi connectivity index (χ3v) is 7.87. The maximum absolute atomic E-state index is 11.6. The zero-order valence-corrected chi connectivity index (χ0v) is 21.8. The van der Waals surface area contributed by atoms with Crippen molar-refractivity contribution in [2.75, 3.05) is 4.90 Å². The number of carboxylic acid groups (broad SMARTS) is 1. The Morgan fingerprint density at radius 3 is 2.49 bits per heavy atom. The monoisotopic (exact) mass is 508 g/mol. The van der Waals surface area contributed by atoms with Gasteiger partial charge in [0.1, 0.15) is 4.75 Å². The van der Waals surface area contributed by atoms with Crippen LogP contribution >= 0.6 is 23.1 Å². The molecule has 0 radical (unpaired) electrons. The maximum atomic E-state index is 11.6. The van der Waals surface area contributed by atoms with Crippen LogP contribution in [0.4, 0.5) is 5.95 Å². The summed E-state index contributed by atoms with van der Waals surface area (Å²) in [6.45, 7) is 8.54. The zero-order valence-electron chi connectivity index (χ0n) is 20.2. The van der Waals surface area contributed by atoms with Crippen molar-refractivity contribution < 1.29 is 9.90 Å². The maximum Gasteiger partial charge on any atom is 0.319 e. The molecule has 1 N–H and O–H groups in total. The number of thioether (sulfide) groups is 1. The van der Waals surface area contributed by atoms with Crippen LogP contribution in [0.1, 0.15) is 42.5 Å². The highest BCUT2D eigenvalue weighted by Gasteiger charge is 2.30. The van der Waals surface area contributed by atoms with Crippen molar-refractivity contribution in [3.05, 3.63) is 76.8 Å². The van der Waals surface area contributed by atoms with Crippen LogP contribution in [0, 0.1) is 6.92 Å². The Hall–Kier alpha value is -3.24. The molecule has 4 aromatic rings. The molecule has 182 valence electrons. The molecule has 3 aromatic heterocycles. The molecule has 8 nitrogen and oxygen atoms in total. The molecule has 0 saturated carbocycles. The minimum absolute atomic E-state index is 0.555. The lowest BCUT2D eigenvalue weighted by Gasteiger charge is -2.21. The Morgan fingerprint density at radius 2 is 1.83 bits per heavy atom. The number of benzene rings is 1. The minimum Gasteiger partial charge on any atom is -0.480 e. The topological polar surface area (TPSA) is 97.0 Å². The van der Waals surface area contributed by atoms with Gasteiger partial charge in [0.15, 0.2) is 4.34 Å². The fraction of sp³-hybridized carbons (Fsp3) is 0.320.